The number of sulfonamides is 1. The van der Waals surface area contributed by atoms with E-state index in [-0.39, 0.29) is 23.7 Å². The molecule has 2 aliphatic rings. The number of nitrogens with one attached hydrogen (secondary N) is 1. The SMILES string of the molecule is C#CC1CCC(OC[C@H]2[C@@H](NS(C)(=O)=O)CCc3ccc(C)c(=O)n32)CC1. The van der Waals surface area contributed by atoms with Crippen LogP contribution in [0.25, 0.3) is 0 Å². The Balaban J connectivity index is 1.81. The van der Waals surface area contributed by atoms with Crippen LogP contribution < -0.4 is 10.3 Å². The molecule has 0 saturated heterocycles. The fourth-order valence-electron chi connectivity index (χ4n) is 4.17. The molecule has 148 valence electrons. The van der Waals surface area contributed by atoms with E-state index < -0.39 is 10.0 Å². The van der Waals surface area contributed by atoms with E-state index in [1.807, 2.05) is 12.1 Å². The lowest BCUT2D eigenvalue weighted by atomic mass is 9.88. The Bertz CT molecular complexity index is 876. The molecule has 1 aliphatic carbocycles. The summed E-state index contributed by atoms with van der Waals surface area (Å²) in [5.74, 6) is 3.14. The van der Waals surface area contributed by atoms with Gasteiger partial charge >= 0.3 is 0 Å². The molecule has 27 heavy (non-hydrogen) atoms. The second kappa shape index (κ2) is 8.17. The van der Waals surface area contributed by atoms with E-state index in [2.05, 4.69) is 10.6 Å². The average Bonchev–Trinajstić information content (AvgIpc) is 2.63. The van der Waals surface area contributed by atoms with Crippen molar-refractivity contribution in [3.05, 3.63) is 33.7 Å². The molecular weight excluding hydrogens is 364 g/mol. The standard InChI is InChI=1S/C20H28N2O4S/c1-4-15-6-10-17(11-7-15)26-13-19-18(21-27(3,24)25)12-9-16-8-5-14(2)20(23)22(16)19/h1,5,8,15,17-19,21H,6-7,9-13H2,2-3H3/t15?,17?,18-,19-/m0/s1. The molecule has 0 aromatic carbocycles. The Kier molecular flexibility index (Phi) is 6.09. The third-order valence-corrected chi connectivity index (χ3v) is 6.41. The van der Waals surface area contributed by atoms with Crippen LogP contribution in [-0.2, 0) is 21.2 Å². The van der Waals surface area contributed by atoms with Gasteiger partial charge in [-0.3, -0.25) is 4.79 Å². The van der Waals surface area contributed by atoms with Gasteiger partial charge in [-0.15, -0.1) is 12.3 Å². The van der Waals surface area contributed by atoms with E-state index >= 15 is 0 Å². The van der Waals surface area contributed by atoms with Crippen LogP contribution in [0.15, 0.2) is 16.9 Å². The first-order valence-corrected chi connectivity index (χ1v) is 11.4. The summed E-state index contributed by atoms with van der Waals surface area (Å²) in [4.78, 5) is 12.8. The summed E-state index contributed by atoms with van der Waals surface area (Å²) in [6.45, 7) is 2.09. The Labute approximate surface area is 161 Å². The Morgan fingerprint density at radius 1 is 1.26 bits per heavy atom. The highest BCUT2D eigenvalue weighted by molar-refractivity contribution is 7.88. The van der Waals surface area contributed by atoms with E-state index in [0.717, 1.165) is 37.6 Å². The van der Waals surface area contributed by atoms with E-state index in [9.17, 15) is 13.2 Å². The number of ether oxygens (including phenoxy) is 1. The minimum absolute atomic E-state index is 0.0721. The first kappa shape index (κ1) is 20.1. The highest BCUT2D eigenvalue weighted by Crippen LogP contribution is 2.29. The van der Waals surface area contributed by atoms with E-state index in [4.69, 9.17) is 11.2 Å². The molecule has 0 amide bonds. The molecular formula is C20H28N2O4S. The lowest BCUT2D eigenvalue weighted by Gasteiger charge is -2.36. The van der Waals surface area contributed by atoms with Crippen molar-refractivity contribution in [2.75, 3.05) is 12.9 Å². The number of pyridine rings is 1. The monoisotopic (exact) mass is 392 g/mol. The Hall–Kier alpha value is -1.62. The topological polar surface area (TPSA) is 77.4 Å². The highest BCUT2D eigenvalue weighted by atomic mass is 32.2. The van der Waals surface area contributed by atoms with Gasteiger partial charge in [-0.2, -0.15) is 0 Å². The van der Waals surface area contributed by atoms with Gasteiger partial charge < -0.3 is 9.30 Å². The van der Waals surface area contributed by atoms with E-state index in [1.165, 1.54) is 0 Å². The number of nitrogens with zero attached hydrogens (tertiary/aromatic N) is 1. The van der Waals surface area contributed by atoms with Gasteiger partial charge in [0.1, 0.15) is 0 Å². The molecule has 0 bridgehead atoms. The van der Waals surface area contributed by atoms with Gasteiger partial charge in [-0.25, -0.2) is 13.1 Å². The van der Waals surface area contributed by atoms with Crippen LogP contribution in [0.3, 0.4) is 0 Å². The fraction of sp³-hybridized carbons (Fsp3) is 0.650. The number of fused-ring (bicyclic) bond motifs is 1. The summed E-state index contributed by atoms with van der Waals surface area (Å²) < 4.78 is 34.2. The molecule has 7 heteroatoms. The number of aryl methyl sites for hydroxylation is 2. The van der Waals surface area contributed by atoms with E-state index in [1.54, 1.807) is 11.5 Å². The average molecular weight is 393 g/mol. The Morgan fingerprint density at radius 2 is 1.96 bits per heavy atom. The minimum atomic E-state index is -3.38. The van der Waals surface area contributed by atoms with Crippen molar-refractivity contribution < 1.29 is 13.2 Å². The van der Waals surface area contributed by atoms with Gasteiger partial charge in [-0.1, -0.05) is 6.07 Å². The number of terminal acetylenes is 1. The first-order chi connectivity index (χ1) is 12.8. The van der Waals surface area contributed by atoms with E-state index in [0.29, 0.717) is 30.9 Å². The summed E-state index contributed by atoms with van der Waals surface area (Å²) in [5, 5.41) is 0. The largest absolute Gasteiger partial charge is 0.376 e. The van der Waals surface area contributed by atoms with Gasteiger partial charge in [0.25, 0.3) is 5.56 Å². The van der Waals surface area contributed by atoms with Crippen molar-refractivity contribution in [3.63, 3.8) is 0 Å². The summed E-state index contributed by atoms with van der Waals surface area (Å²) in [5.41, 5.74) is 1.51. The Morgan fingerprint density at radius 3 is 2.59 bits per heavy atom. The third kappa shape index (κ3) is 4.81. The molecule has 1 N–H and O–H groups in total. The van der Waals surface area contributed by atoms with Crippen LogP contribution >= 0.6 is 0 Å². The lowest BCUT2D eigenvalue weighted by molar-refractivity contribution is -0.00297. The molecule has 2 atom stereocenters. The van der Waals surface area contributed by atoms with Crippen molar-refractivity contribution in [1.29, 1.82) is 0 Å². The van der Waals surface area contributed by atoms with Crippen LogP contribution in [0.2, 0.25) is 0 Å². The zero-order chi connectivity index (χ0) is 19.6. The molecule has 3 rings (SSSR count). The second-order valence-corrected chi connectivity index (χ2v) is 9.54. The smallest absolute Gasteiger partial charge is 0.254 e. The van der Waals surface area contributed by atoms with Crippen molar-refractivity contribution in [1.82, 2.24) is 9.29 Å². The molecule has 0 unspecified atom stereocenters. The van der Waals surface area contributed by atoms with Crippen LogP contribution in [0.5, 0.6) is 0 Å². The van der Waals surface area contributed by atoms with Crippen molar-refractivity contribution in [2.24, 2.45) is 5.92 Å². The molecule has 0 spiro atoms. The fourth-order valence-corrected chi connectivity index (χ4v) is 5.00. The van der Waals surface area contributed by atoms with Crippen LogP contribution in [0, 0.1) is 25.2 Å². The predicted molar refractivity (Wildman–Crippen MR) is 105 cm³/mol. The minimum Gasteiger partial charge on any atom is -0.376 e. The van der Waals surface area contributed by atoms with Gasteiger partial charge in [0.05, 0.1) is 25.0 Å². The zero-order valence-electron chi connectivity index (χ0n) is 16.0. The maximum atomic E-state index is 12.8. The number of hydrogen-bond acceptors (Lipinski definition) is 4. The summed E-state index contributed by atoms with van der Waals surface area (Å²) in [6.07, 6.45) is 11.8. The summed E-state index contributed by atoms with van der Waals surface area (Å²) in [7, 11) is -3.38. The molecule has 2 heterocycles. The molecule has 1 saturated carbocycles. The molecule has 6 nitrogen and oxygen atoms in total. The number of aromatic nitrogens is 1. The van der Waals surface area contributed by atoms with Gasteiger partial charge in [0, 0.05) is 23.2 Å². The van der Waals surface area contributed by atoms with Crippen molar-refractivity contribution >= 4 is 10.0 Å². The van der Waals surface area contributed by atoms with Gasteiger partial charge in [0.15, 0.2) is 0 Å². The van der Waals surface area contributed by atoms with Crippen LogP contribution in [0.1, 0.15) is 49.4 Å². The molecule has 1 fully saturated rings. The van der Waals surface area contributed by atoms with Crippen LogP contribution in [0.4, 0.5) is 0 Å². The van der Waals surface area contributed by atoms with Gasteiger partial charge in [0.2, 0.25) is 10.0 Å². The lowest BCUT2D eigenvalue weighted by Crippen LogP contribution is -2.49. The quantitative estimate of drug-likeness (QED) is 0.775. The molecule has 1 aromatic rings. The maximum Gasteiger partial charge on any atom is 0.254 e. The number of rotatable bonds is 5. The zero-order valence-corrected chi connectivity index (χ0v) is 16.8. The van der Waals surface area contributed by atoms with Crippen LogP contribution in [-0.4, -0.2) is 38.0 Å². The summed E-state index contributed by atoms with van der Waals surface area (Å²) in [6, 6.07) is 3.09. The molecule has 0 radical (unpaired) electrons. The molecule has 1 aromatic heterocycles. The second-order valence-electron chi connectivity index (χ2n) is 7.76. The predicted octanol–water partition coefficient (Wildman–Crippen LogP) is 1.77. The number of hydrogen-bond donors (Lipinski definition) is 1. The van der Waals surface area contributed by atoms with Gasteiger partial charge in [-0.05, 0) is 51.5 Å². The highest BCUT2D eigenvalue weighted by Gasteiger charge is 2.33. The third-order valence-electron chi connectivity index (χ3n) is 5.68. The van der Waals surface area contributed by atoms with Crippen molar-refractivity contribution in [2.45, 2.75) is 63.6 Å². The normalized spacial score (nSPS) is 28.3. The first-order valence-electron chi connectivity index (χ1n) is 9.54. The molecule has 1 aliphatic heterocycles. The maximum absolute atomic E-state index is 12.8. The summed E-state index contributed by atoms with van der Waals surface area (Å²) >= 11 is 0. The van der Waals surface area contributed by atoms with Crippen molar-refractivity contribution in [3.8, 4) is 12.3 Å².